The van der Waals surface area contributed by atoms with E-state index in [1.807, 2.05) is 13.2 Å². The van der Waals surface area contributed by atoms with Crippen molar-refractivity contribution in [2.24, 2.45) is 0 Å². The van der Waals surface area contributed by atoms with Crippen LogP contribution in [0.25, 0.3) is 0 Å². The third-order valence-corrected chi connectivity index (χ3v) is 2.68. The Bertz CT molecular complexity index is 462. The second-order valence-electron chi connectivity index (χ2n) is 3.94. The SMILES string of the molecule is CNCCn1ccnc1Cc1ccc(F)cc1. The first kappa shape index (κ1) is 11.8. The lowest BCUT2D eigenvalue weighted by Crippen LogP contribution is -2.16. The zero-order valence-corrected chi connectivity index (χ0v) is 9.86. The minimum absolute atomic E-state index is 0.202. The summed E-state index contributed by atoms with van der Waals surface area (Å²) < 4.78 is 14.9. The third-order valence-electron chi connectivity index (χ3n) is 2.68. The van der Waals surface area contributed by atoms with Crippen molar-refractivity contribution in [1.29, 1.82) is 0 Å². The number of hydrogen-bond donors (Lipinski definition) is 1. The molecule has 0 atom stereocenters. The van der Waals surface area contributed by atoms with Crippen molar-refractivity contribution in [2.75, 3.05) is 13.6 Å². The van der Waals surface area contributed by atoms with Crippen molar-refractivity contribution >= 4 is 0 Å². The van der Waals surface area contributed by atoms with Crippen molar-refractivity contribution in [3.8, 4) is 0 Å². The summed E-state index contributed by atoms with van der Waals surface area (Å²) in [6.45, 7) is 1.81. The Morgan fingerprint density at radius 2 is 2.06 bits per heavy atom. The van der Waals surface area contributed by atoms with Crippen LogP contribution in [-0.2, 0) is 13.0 Å². The van der Waals surface area contributed by atoms with Gasteiger partial charge in [-0.3, -0.25) is 0 Å². The van der Waals surface area contributed by atoms with Crippen LogP contribution in [0.4, 0.5) is 4.39 Å². The molecular formula is C13H16FN3. The van der Waals surface area contributed by atoms with Gasteiger partial charge in [-0.2, -0.15) is 0 Å². The summed E-state index contributed by atoms with van der Waals surface area (Å²) in [5.74, 6) is 0.805. The first-order valence-electron chi connectivity index (χ1n) is 5.68. The molecular weight excluding hydrogens is 217 g/mol. The summed E-state index contributed by atoms with van der Waals surface area (Å²) in [5.41, 5.74) is 1.07. The molecule has 0 aliphatic rings. The molecule has 0 radical (unpaired) electrons. The van der Waals surface area contributed by atoms with Crippen LogP contribution >= 0.6 is 0 Å². The highest BCUT2D eigenvalue weighted by Crippen LogP contribution is 2.09. The van der Waals surface area contributed by atoms with Crippen LogP contribution in [0.3, 0.4) is 0 Å². The molecule has 0 saturated heterocycles. The fourth-order valence-electron chi connectivity index (χ4n) is 1.73. The van der Waals surface area contributed by atoms with Gasteiger partial charge in [-0.15, -0.1) is 0 Å². The summed E-state index contributed by atoms with van der Waals surface area (Å²) in [4.78, 5) is 4.33. The van der Waals surface area contributed by atoms with Crippen molar-refractivity contribution < 1.29 is 4.39 Å². The Labute approximate surface area is 100 Å². The van der Waals surface area contributed by atoms with Crippen LogP contribution in [0.15, 0.2) is 36.7 Å². The summed E-state index contributed by atoms with van der Waals surface area (Å²) in [6.07, 6.45) is 4.50. The van der Waals surface area contributed by atoms with E-state index in [1.165, 1.54) is 12.1 Å². The molecule has 1 heterocycles. The summed E-state index contributed by atoms with van der Waals surface area (Å²) in [7, 11) is 1.93. The van der Waals surface area contributed by atoms with Gasteiger partial charge in [0.2, 0.25) is 0 Å². The zero-order chi connectivity index (χ0) is 12.1. The minimum Gasteiger partial charge on any atom is -0.333 e. The Hall–Kier alpha value is -1.68. The molecule has 90 valence electrons. The second kappa shape index (κ2) is 5.59. The van der Waals surface area contributed by atoms with Gasteiger partial charge in [-0.05, 0) is 24.7 Å². The van der Waals surface area contributed by atoms with Gasteiger partial charge in [0.05, 0.1) is 0 Å². The maximum absolute atomic E-state index is 12.8. The maximum atomic E-state index is 12.8. The fraction of sp³-hybridized carbons (Fsp3) is 0.308. The molecule has 17 heavy (non-hydrogen) atoms. The highest BCUT2D eigenvalue weighted by Gasteiger charge is 2.03. The van der Waals surface area contributed by atoms with Gasteiger partial charge in [0.1, 0.15) is 11.6 Å². The number of nitrogens with one attached hydrogen (secondary N) is 1. The highest BCUT2D eigenvalue weighted by atomic mass is 19.1. The van der Waals surface area contributed by atoms with E-state index >= 15 is 0 Å². The van der Waals surface area contributed by atoms with Gasteiger partial charge in [0.25, 0.3) is 0 Å². The van der Waals surface area contributed by atoms with Crippen LogP contribution in [0.1, 0.15) is 11.4 Å². The van der Waals surface area contributed by atoms with Gasteiger partial charge in [-0.1, -0.05) is 12.1 Å². The number of benzene rings is 1. The van der Waals surface area contributed by atoms with Crippen LogP contribution in [0.2, 0.25) is 0 Å². The third kappa shape index (κ3) is 3.14. The standard InChI is InChI=1S/C13H16FN3/c1-15-6-8-17-9-7-16-13(17)10-11-2-4-12(14)5-3-11/h2-5,7,9,15H,6,8,10H2,1H3. The molecule has 2 aromatic rings. The monoisotopic (exact) mass is 233 g/mol. The van der Waals surface area contributed by atoms with Crippen LogP contribution in [0, 0.1) is 5.82 Å². The smallest absolute Gasteiger partial charge is 0.123 e. The largest absolute Gasteiger partial charge is 0.333 e. The first-order valence-corrected chi connectivity index (χ1v) is 5.68. The van der Waals surface area contributed by atoms with Crippen LogP contribution < -0.4 is 5.32 Å². The molecule has 3 nitrogen and oxygen atoms in total. The van der Waals surface area contributed by atoms with Crippen LogP contribution in [0.5, 0.6) is 0 Å². The molecule has 0 unspecified atom stereocenters. The van der Waals surface area contributed by atoms with Gasteiger partial charge >= 0.3 is 0 Å². The summed E-state index contributed by atoms with van der Waals surface area (Å²) in [6, 6.07) is 6.56. The van der Waals surface area contributed by atoms with Crippen LogP contribution in [-0.4, -0.2) is 23.1 Å². The topological polar surface area (TPSA) is 29.9 Å². The molecule has 0 fully saturated rings. The Morgan fingerprint density at radius 3 is 2.76 bits per heavy atom. The second-order valence-corrected chi connectivity index (χ2v) is 3.94. The van der Waals surface area contributed by atoms with E-state index in [4.69, 9.17) is 0 Å². The average molecular weight is 233 g/mol. The molecule has 0 spiro atoms. The van der Waals surface area contributed by atoms with E-state index in [1.54, 1.807) is 18.3 Å². The molecule has 1 N–H and O–H groups in total. The van der Waals surface area contributed by atoms with E-state index < -0.39 is 0 Å². The van der Waals surface area contributed by atoms with E-state index in [2.05, 4.69) is 14.9 Å². The average Bonchev–Trinajstić information content (AvgIpc) is 2.77. The predicted molar refractivity (Wildman–Crippen MR) is 65.4 cm³/mol. The van der Waals surface area contributed by atoms with Crippen molar-refractivity contribution in [1.82, 2.24) is 14.9 Å². The number of likely N-dealkylation sites (N-methyl/N-ethyl adjacent to an activating group) is 1. The number of hydrogen-bond acceptors (Lipinski definition) is 2. The highest BCUT2D eigenvalue weighted by molar-refractivity contribution is 5.20. The number of nitrogens with zero attached hydrogens (tertiary/aromatic N) is 2. The Balaban J connectivity index is 2.07. The fourth-order valence-corrected chi connectivity index (χ4v) is 1.73. The molecule has 1 aromatic heterocycles. The molecule has 0 aliphatic carbocycles. The minimum atomic E-state index is -0.202. The number of aromatic nitrogens is 2. The molecule has 0 amide bonds. The van der Waals surface area contributed by atoms with E-state index in [9.17, 15) is 4.39 Å². The quantitative estimate of drug-likeness (QED) is 0.854. The lowest BCUT2D eigenvalue weighted by Gasteiger charge is -2.07. The van der Waals surface area contributed by atoms with Gasteiger partial charge in [0.15, 0.2) is 0 Å². The number of rotatable bonds is 5. The molecule has 0 saturated carbocycles. The maximum Gasteiger partial charge on any atom is 0.123 e. The molecule has 2 rings (SSSR count). The Kier molecular flexibility index (Phi) is 3.88. The first-order chi connectivity index (χ1) is 8.29. The van der Waals surface area contributed by atoms with Crippen molar-refractivity contribution in [3.63, 3.8) is 0 Å². The number of halogens is 1. The lowest BCUT2D eigenvalue weighted by molar-refractivity contribution is 0.619. The number of imidazole rings is 1. The summed E-state index contributed by atoms with van der Waals surface area (Å²) >= 11 is 0. The molecule has 1 aromatic carbocycles. The predicted octanol–water partition coefficient (Wildman–Crippen LogP) is 1.83. The lowest BCUT2D eigenvalue weighted by atomic mass is 10.1. The van der Waals surface area contributed by atoms with Crippen molar-refractivity contribution in [2.45, 2.75) is 13.0 Å². The molecule has 0 bridgehead atoms. The van der Waals surface area contributed by atoms with Gasteiger partial charge < -0.3 is 9.88 Å². The van der Waals surface area contributed by atoms with E-state index in [0.717, 1.165) is 30.9 Å². The Morgan fingerprint density at radius 1 is 1.29 bits per heavy atom. The van der Waals surface area contributed by atoms with E-state index in [0.29, 0.717) is 0 Å². The normalized spacial score (nSPS) is 10.7. The zero-order valence-electron chi connectivity index (χ0n) is 9.86. The molecule has 4 heteroatoms. The molecule has 0 aliphatic heterocycles. The van der Waals surface area contributed by atoms with Gasteiger partial charge in [0, 0.05) is 31.9 Å². The summed E-state index contributed by atoms with van der Waals surface area (Å²) in [5, 5.41) is 3.11. The van der Waals surface area contributed by atoms with Crippen molar-refractivity contribution in [3.05, 3.63) is 53.9 Å². The van der Waals surface area contributed by atoms with E-state index in [-0.39, 0.29) is 5.82 Å². The van der Waals surface area contributed by atoms with Gasteiger partial charge in [-0.25, -0.2) is 9.37 Å².